The van der Waals surface area contributed by atoms with Gasteiger partial charge in [-0.15, -0.1) is 0 Å². The molecule has 0 N–H and O–H groups in total. The molecule has 0 amide bonds. The predicted molar refractivity (Wildman–Crippen MR) is 55.3 cm³/mol. The van der Waals surface area contributed by atoms with Crippen molar-refractivity contribution in [3.8, 4) is 0 Å². The van der Waals surface area contributed by atoms with Gasteiger partial charge >= 0.3 is 104 Å². The minimum atomic E-state index is -2.17. The van der Waals surface area contributed by atoms with Gasteiger partial charge in [0.2, 0.25) is 0 Å². The van der Waals surface area contributed by atoms with Gasteiger partial charge in [0.1, 0.15) is 0 Å². The molecule has 0 radical (unpaired) electrons. The molecule has 0 aliphatic heterocycles. The van der Waals surface area contributed by atoms with E-state index in [1.165, 1.54) is 0 Å². The maximum atomic E-state index is 5.82. The Bertz CT molecular complexity index is 337. The standard InChI is InChI=1S/C6H2Cl3N.2ClH.V/c7-3-1-4(8)6(10)5(9)2-3;;;/h1-2H;2*1H;/q;;;+2/p-2. The molecule has 1 aromatic rings. The van der Waals surface area contributed by atoms with Gasteiger partial charge in [0.05, 0.1) is 0 Å². The van der Waals surface area contributed by atoms with Crippen LogP contribution in [0.25, 0.3) is 0 Å². The Morgan fingerprint density at radius 1 is 1.00 bits per heavy atom. The summed E-state index contributed by atoms with van der Waals surface area (Å²) in [5.41, 5.74) is 0.415. The van der Waals surface area contributed by atoms with E-state index in [9.17, 15) is 0 Å². The summed E-state index contributed by atoms with van der Waals surface area (Å²) in [6.45, 7) is 0. The van der Waals surface area contributed by atoms with Crippen molar-refractivity contribution in [1.29, 1.82) is 0 Å². The third-order valence-electron chi connectivity index (χ3n) is 1.16. The minimum absolute atomic E-state index is 0.359. The van der Waals surface area contributed by atoms with Gasteiger partial charge < -0.3 is 0 Å². The maximum absolute atomic E-state index is 5.82. The Labute approximate surface area is 103 Å². The second kappa shape index (κ2) is 5.22. The zero-order valence-corrected chi connectivity index (χ0v) is 11.1. The first-order chi connectivity index (χ1) is 6.00. The van der Waals surface area contributed by atoms with Crippen molar-refractivity contribution in [2.24, 2.45) is 3.79 Å². The van der Waals surface area contributed by atoms with Gasteiger partial charge in [0.25, 0.3) is 0 Å². The molecule has 0 atom stereocenters. The van der Waals surface area contributed by atoms with Crippen molar-refractivity contribution in [3.63, 3.8) is 0 Å². The molecule has 13 heavy (non-hydrogen) atoms. The molecule has 0 aliphatic rings. The van der Waals surface area contributed by atoms with Gasteiger partial charge in [-0.1, -0.05) is 0 Å². The first-order valence-corrected chi connectivity index (χ1v) is 8.59. The summed E-state index contributed by atoms with van der Waals surface area (Å²) in [5.74, 6) is 0. The zero-order valence-electron chi connectivity index (χ0n) is 5.94. The normalized spacial score (nSPS) is 9.92. The van der Waals surface area contributed by atoms with E-state index in [0.717, 1.165) is 0 Å². The van der Waals surface area contributed by atoms with E-state index in [1.807, 2.05) is 0 Å². The monoisotopic (exact) mass is 314 g/mol. The van der Waals surface area contributed by atoms with Crippen LogP contribution in [0.1, 0.15) is 0 Å². The van der Waals surface area contributed by atoms with Crippen molar-refractivity contribution in [3.05, 3.63) is 27.2 Å². The van der Waals surface area contributed by atoms with Crippen LogP contribution in [-0.2, 0) is 13.1 Å². The third-order valence-corrected chi connectivity index (χ3v) is 3.12. The summed E-state index contributed by atoms with van der Waals surface area (Å²) >= 11 is 15.2. The van der Waals surface area contributed by atoms with Crippen LogP contribution in [0.2, 0.25) is 15.1 Å². The summed E-state index contributed by atoms with van der Waals surface area (Å²) in [4.78, 5) is 0. The first-order valence-electron chi connectivity index (χ1n) is 2.98. The van der Waals surface area contributed by atoms with Crippen LogP contribution >= 0.6 is 54.5 Å². The van der Waals surface area contributed by atoms with Crippen molar-refractivity contribution in [2.75, 3.05) is 0 Å². The van der Waals surface area contributed by atoms with Gasteiger partial charge in [-0.05, 0) is 0 Å². The Morgan fingerprint density at radius 2 is 1.46 bits per heavy atom. The topological polar surface area (TPSA) is 12.4 Å². The van der Waals surface area contributed by atoms with E-state index in [2.05, 4.69) is 3.79 Å². The van der Waals surface area contributed by atoms with Crippen LogP contribution in [0.3, 0.4) is 0 Å². The van der Waals surface area contributed by atoms with E-state index in [1.54, 1.807) is 12.1 Å². The number of hydrogen-bond donors (Lipinski definition) is 0. The molecule has 0 fully saturated rings. The van der Waals surface area contributed by atoms with Crippen molar-refractivity contribution in [1.82, 2.24) is 0 Å². The Hall–Kier alpha value is 1.05. The Kier molecular flexibility index (Phi) is 4.87. The SMILES string of the molecule is Clc1cc(Cl)c([N]=[V]([Cl])[Cl])c(Cl)c1. The quantitative estimate of drug-likeness (QED) is 0.659. The fraction of sp³-hybridized carbons (Fsp3) is 0. The van der Waals surface area contributed by atoms with E-state index >= 15 is 0 Å². The predicted octanol–water partition coefficient (Wildman–Crippen LogP) is 5.39. The molecule has 0 aliphatic carbocycles. The van der Waals surface area contributed by atoms with Gasteiger partial charge in [0, 0.05) is 0 Å². The summed E-state index contributed by atoms with van der Waals surface area (Å²) in [6, 6.07) is 3.08. The summed E-state index contributed by atoms with van der Waals surface area (Å²) in [6.07, 6.45) is 0. The second-order valence-electron chi connectivity index (χ2n) is 2.03. The fourth-order valence-electron chi connectivity index (χ4n) is 0.706. The molecule has 0 bridgehead atoms. The second-order valence-corrected chi connectivity index (χ2v) is 7.62. The van der Waals surface area contributed by atoms with Gasteiger partial charge in [-0.25, -0.2) is 0 Å². The Balaban J connectivity index is 3.29. The molecular weight excluding hydrogens is 314 g/mol. The van der Waals surface area contributed by atoms with Crippen LogP contribution in [0.5, 0.6) is 0 Å². The summed E-state index contributed by atoms with van der Waals surface area (Å²) in [5, 5.41) is 1.17. The van der Waals surface area contributed by atoms with Crippen LogP contribution in [0.15, 0.2) is 15.9 Å². The number of nitrogens with zero attached hydrogens (tertiary/aromatic N) is 1. The average molecular weight is 316 g/mol. The van der Waals surface area contributed by atoms with Gasteiger partial charge in [0.15, 0.2) is 0 Å². The average Bonchev–Trinajstić information content (AvgIpc) is 1.96. The molecule has 1 rings (SSSR count). The number of benzene rings is 1. The van der Waals surface area contributed by atoms with Gasteiger partial charge in [-0.2, -0.15) is 0 Å². The van der Waals surface area contributed by atoms with E-state index in [0.29, 0.717) is 20.8 Å². The number of halogens is 5. The van der Waals surface area contributed by atoms with E-state index < -0.39 is 13.1 Å². The molecule has 0 aromatic heterocycles. The zero-order chi connectivity index (χ0) is 10.0. The molecule has 0 saturated carbocycles. The van der Waals surface area contributed by atoms with Crippen LogP contribution in [0.4, 0.5) is 5.69 Å². The number of hydrogen-bond acceptors (Lipinski definition) is 1. The Morgan fingerprint density at radius 3 is 1.85 bits per heavy atom. The third kappa shape index (κ3) is 3.60. The molecule has 0 unspecified atom stereocenters. The van der Waals surface area contributed by atoms with Crippen LogP contribution < -0.4 is 0 Å². The molecule has 71 valence electrons. The van der Waals surface area contributed by atoms with Crippen LogP contribution in [0, 0.1) is 0 Å². The number of rotatable bonds is 1. The molecule has 0 heterocycles. The molecule has 1 nitrogen and oxygen atoms in total. The molecular formula is C6H2Cl5NV. The van der Waals surface area contributed by atoms with Gasteiger partial charge in [-0.3, -0.25) is 0 Å². The van der Waals surface area contributed by atoms with E-state index in [-0.39, 0.29) is 0 Å². The van der Waals surface area contributed by atoms with Crippen molar-refractivity contribution in [2.45, 2.75) is 0 Å². The van der Waals surface area contributed by atoms with E-state index in [4.69, 9.17) is 54.5 Å². The molecule has 1 aromatic carbocycles. The molecule has 0 saturated heterocycles. The first kappa shape index (κ1) is 12.1. The van der Waals surface area contributed by atoms with Crippen LogP contribution in [-0.4, -0.2) is 0 Å². The summed E-state index contributed by atoms with van der Waals surface area (Å²) < 4.78 is 3.95. The molecule has 0 spiro atoms. The van der Waals surface area contributed by atoms with Crippen molar-refractivity contribution < 1.29 is 13.1 Å². The molecule has 7 heteroatoms. The fourth-order valence-corrected chi connectivity index (χ4v) is 2.99. The summed E-state index contributed by atoms with van der Waals surface area (Å²) in [7, 11) is 11.2. The van der Waals surface area contributed by atoms with Crippen molar-refractivity contribution >= 4 is 60.2 Å².